The lowest BCUT2D eigenvalue weighted by atomic mass is 9.70. The van der Waals surface area contributed by atoms with Crippen molar-refractivity contribution < 1.29 is 0 Å². The van der Waals surface area contributed by atoms with Crippen LogP contribution in [0.2, 0.25) is 0 Å². The minimum atomic E-state index is -0.436. The van der Waals surface area contributed by atoms with Crippen molar-refractivity contribution >= 4 is 0 Å². The van der Waals surface area contributed by atoms with Crippen LogP contribution in [0, 0.1) is 6.92 Å². The lowest BCUT2D eigenvalue weighted by molar-refractivity contribution is 0.791. The Balaban J connectivity index is 0.946. The Morgan fingerprint density at radius 3 is 1.16 bits per heavy atom. The number of aromatic nitrogens is 4. The fourth-order valence-electron chi connectivity index (χ4n) is 12.1. The van der Waals surface area contributed by atoms with Crippen molar-refractivity contribution in [3.63, 3.8) is 0 Å². The monoisotopic (exact) mass is 776 g/mol. The van der Waals surface area contributed by atoms with Crippen LogP contribution in [-0.2, 0) is 10.8 Å². The molecular formula is C57H36N4. The Hall–Kier alpha value is -7.82. The van der Waals surface area contributed by atoms with Gasteiger partial charge in [-0.05, 0) is 126 Å². The van der Waals surface area contributed by atoms with E-state index in [-0.39, 0.29) is 0 Å². The summed E-state index contributed by atoms with van der Waals surface area (Å²) in [6.07, 6.45) is 7.95. The van der Waals surface area contributed by atoms with Crippen molar-refractivity contribution in [2.45, 2.75) is 17.8 Å². The van der Waals surface area contributed by atoms with Crippen molar-refractivity contribution in [3.8, 4) is 67.5 Å². The van der Waals surface area contributed by atoms with Crippen molar-refractivity contribution in [1.82, 2.24) is 19.1 Å². The van der Waals surface area contributed by atoms with E-state index in [9.17, 15) is 0 Å². The third kappa shape index (κ3) is 3.92. The van der Waals surface area contributed by atoms with Gasteiger partial charge in [-0.2, -0.15) is 0 Å². The summed E-state index contributed by atoms with van der Waals surface area (Å²) in [5.41, 5.74) is 23.5. The second-order valence-electron chi connectivity index (χ2n) is 16.9. The zero-order valence-electron chi connectivity index (χ0n) is 33.3. The van der Waals surface area contributed by atoms with Gasteiger partial charge in [-0.15, -0.1) is 0 Å². The molecule has 0 saturated heterocycles. The molecule has 284 valence electrons. The van der Waals surface area contributed by atoms with Crippen molar-refractivity contribution in [2.75, 3.05) is 0 Å². The highest BCUT2D eigenvalue weighted by Crippen LogP contribution is 2.65. The fourth-order valence-corrected chi connectivity index (χ4v) is 12.1. The first kappa shape index (κ1) is 33.1. The maximum Gasteiger partial charge on any atom is 0.181 e. The molecule has 4 heteroatoms. The molecule has 4 aliphatic rings. The molecule has 2 aromatic heterocycles. The van der Waals surface area contributed by atoms with E-state index in [0.29, 0.717) is 0 Å². The molecule has 4 aliphatic carbocycles. The number of rotatable bonds is 3. The third-order valence-corrected chi connectivity index (χ3v) is 14.3. The van der Waals surface area contributed by atoms with Crippen LogP contribution < -0.4 is 0 Å². The molecule has 1 unspecified atom stereocenters. The number of hydrogen-bond acceptors (Lipinski definition) is 2. The van der Waals surface area contributed by atoms with Gasteiger partial charge in [0.05, 0.1) is 10.8 Å². The maximum absolute atomic E-state index is 5.04. The molecule has 1 atom stereocenters. The molecular weight excluding hydrogens is 741 g/mol. The number of hydrogen-bond donors (Lipinski definition) is 0. The van der Waals surface area contributed by atoms with Crippen LogP contribution in [0.1, 0.15) is 50.1 Å². The number of benzene rings is 8. The van der Waals surface area contributed by atoms with Crippen LogP contribution in [0.4, 0.5) is 0 Å². The number of nitrogens with zero attached hydrogens (tertiary/aromatic N) is 4. The van der Waals surface area contributed by atoms with E-state index in [1.54, 1.807) is 0 Å². The standard InChI is InChI=1S/C57H36N4/c1-35-13-12-24-50-53(35)44-18-6-11-23-49(44)57(50)48-22-10-5-17-41(48)43-28-26-37(34-52(43)57)61-32-30-59-55(61)54-58-29-31-60(54)36-25-27-42-40-16-4-9-21-47(40)56(51(42)33-36)45-19-7-2-14-38(45)39-15-3-8-20-46(39)56/h2-34H,1H3. The predicted octanol–water partition coefficient (Wildman–Crippen LogP) is 12.7. The van der Waals surface area contributed by atoms with Crippen LogP contribution >= 0.6 is 0 Å². The molecule has 0 fully saturated rings. The predicted molar refractivity (Wildman–Crippen MR) is 243 cm³/mol. The summed E-state index contributed by atoms with van der Waals surface area (Å²) in [7, 11) is 0. The van der Waals surface area contributed by atoms with E-state index < -0.39 is 10.8 Å². The Bertz CT molecular complexity index is 3460. The minimum Gasteiger partial charge on any atom is -0.297 e. The first-order valence-corrected chi connectivity index (χ1v) is 21.1. The first-order valence-electron chi connectivity index (χ1n) is 21.1. The Kier molecular flexibility index (Phi) is 6.33. The van der Waals surface area contributed by atoms with Crippen molar-refractivity contribution in [1.29, 1.82) is 0 Å². The van der Waals surface area contributed by atoms with E-state index in [1.807, 2.05) is 12.4 Å². The highest BCUT2D eigenvalue weighted by atomic mass is 15.2. The van der Waals surface area contributed by atoms with Gasteiger partial charge in [0.15, 0.2) is 11.6 Å². The normalized spacial score (nSPS) is 16.1. The summed E-state index contributed by atoms with van der Waals surface area (Å²) >= 11 is 0. The second-order valence-corrected chi connectivity index (χ2v) is 16.9. The summed E-state index contributed by atoms with van der Waals surface area (Å²) < 4.78 is 4.42. The average Bonchev–Trinajstić information content (AvgIpc) is 4.17. The highest BCUT2D eigenvalue weighted by molar-refractivity contribution is 5.97. The van der Waals surface area contributed by atoms with Gasteiger partial charge < -0.3 is 0 Å². The molecule has 2 spiro atoms. The molecule has 0 N–H and O–H groups in total. The summed E-state index contributed by atoms with van der Waals surface area (Å²) in [5.74, 6) is 1.57. The number of imidazole rings is 2. The van der Waals surface area contributed by atoms with Crippen LogP contribution in [0.5, 0.6) is 0 Å². The van der Waals surface area contributed by atoms with Gasteiger partial charge in [-0.1, -0.05) is 152 Å². The summed E-state index contributed by atoms with van der Waals surface area (Å²) in [6.45, 7) is 2.25. The SMILES string of the molecule is Cc1cccc2c1-c1ccccc1C21c2ccccc2-c2ccc(-n3ccnc3-c3nccn3-c3ccc4c(c3)C3(c5ccccc5-c5ccccc53)c3ccccc3-4)cc21. The molecule has 4 nitrogen and oxygen atoms in total. The topological polar surface area (TPSA) is 35.6 Å². The first-order chi connectivity index (χ1) is 30.2. The van der Waals surface area contributed by atoms with Crippen LogP contribution in [0.25, 0.3) is 67.5 Å². The quantitative estimate of drug-likeness (QED) is 0.179. The van der Waals surface area contributed by atoms with Gasteiger partial charge in [0, 0.05) is 36.2 Å². The zero-order valence-corrected chi connectivity index (χ0v) is 33.3. The van der Waals surface area contributed by atoms with E-state index in [2.05, 4.69) is 204 Å². The minimum absolute atomic E-state index is 0.428. The van der Waals surface area contributed by atoms with Gasteiger partial charge in [0.25, 0.3) is 0 Å². The largest absolute Gasteiger partial charge is 0.297 e. The van der Waals surface area contributed by atoms with Crippen molar-refractivity contribution in [2.24, 2.45) is 0 Å². The zero-order chi connectivity index (χ0) is 40.0. The van der Waals surface area contributed by atoms with E-state index >= 15 is 0 Å². The van der Waals surface area contributed by atoms with Gasteiger partial charge in [-0.25, -0.2) is 9.97 Å². The average molecular weight is 777 g/mol. The molecule has 0 saturated carbocycles. The van der Waals surface area contributed by atoms with Gasteiger partial charge in [0.2, 0.25) is 0 Å². The molecule has 14 rings (SSSR count). The summed E-state index contributed by atoms with van der Waals surface area (Å²) in [4.78, 5) is 10.1. The lowest BCUT2D eigenvalue weighted by Crippen LogP contribution is -2.26. The molecule has 61 heavy (non-hydrogen) atoms. The molecule has 2 heterocycles. The van der Waals surface area contributed by atoms with Gasteiger partial charge in [-0.3, -0.25) is 9.13 Å². The molecule has 0 radical (unpaired) electrons. The van der Waals surface area contributed by atoms with Gasteiger partial charge >= 0.3 is 0 Å². The summed E-state index contributed by atoms with van der Waals surface area (Å²) in [6, 6.07) is 65.7. The van der Waals surface area contributed by atoms with E-state index in [0.717, 1.165) is 23.0 Å². The van der Waals surface area contributed by atoms with E-state index in [4.69, 9.17) is 9.97 Å². The van der Waals surface area contributed by atoms with Crippen LogP contribution in [0.3, 0.4) is 0 Å². The second kappa shape index (κ2) is 11.7. The molecule has 10 aromatic rings. The van der Waals surface area contributed by atoms with Crippen LogP contribution in [-0.4, -0.2) is 19.1 Å². The lowest BCUT2D eigenvalue weighted by Gasteiger charge is -2.31. The number of aryl methyl sites for hydroxylation is 1. The maximum atomic E-state index is 5.04. The fraction of sp³-hybridized carbons (Fsp3) is 0.0526. The van der Waals surface area contributed by atoms with Crippen LogP contribution in [0.15, 0.2) is 201 Å². The molecule has 0 aliphatic heterocycles. The smallest absolute Gasteiger partial charge is 0.181 e. The van der Waals surface area contributed by atoms with Gasteiger partial charge in [0.1, 0.15) is 0 Å². The molecule has 0 bridgehead atoms. The summed E-state index contributed by atoms with van der Waals surface area (Å²) in [5, 5.41) is 0. The Morgan fingerprint density at radius 2 is 0.705 bits per heavy atom. The van der Waals surface area contributed by atoms with E-state index in [1.165, 1.54) is 94.6 Å². The third-order valence-electron chi connectivity index (χ3n) is 14.3. The Morgan fingerprint density at radius 1 is 0.344 bits per heavy atom. The number of fused-ring (bicyclic) bond motifs is 20. The molecule has 8 aromatic carbocycles. The Labute approximate surface area is 353 Å². The highest BCUT2D eigenvalue weighted by Gasteiger charge is 2.53. The van der Waals surface area contributed by atoms with Crippen molar-refractivity contribution in [3.05, 3.63) is 251 Å². The molecule has 0 amide bonds.